The molecule has 0 radical (unpaired) electrons. The minimum atomic E-state index is 0.473. The molecule has 29 heavy (non-hydrogen) atoms. The van der Waals surface area contributed by atoms with E-state index in [-0.39, 0.29) is 0 Å². The third kappa shape index (κ3) is 2.60. The standard InChI is InChI=1S/C21H15N7O/c1-27-20-16(10-25-27)7-15(9-24-20)19-18(14-5-3-13(8-22)4-6-14)26-21(29-2)17-11-23-12-28(17)19/h3-7,9-12H,1-2H3. The molecule has 0 aliphatic carbocycles. The second-order valence-electron chi connectivity index (χ2n) is 6.56. The highest BCUT2D eigenvalue weighted by molar-refractivity contribution is 5.86. The van der Waals surface area contributed by atoms with Crippen LogP contribution in [0.4, 0.5) is 0 Å². The van der Waals surface area contributed by atoms with E-state index in [0.29, 0.717) is 17.1 Å². The molecule has 0 atom stereocenters. The van der Waals surface area contributed by atoms with E-state index in [9.17, 15) is 0 Å². The van der Waals surface area contributed by atoms with E-state index in [1.807, 2.05) is 29.6 Å². The Morgan fingerprint density at radius 3 is 2.66 bits per heavy atom. The van der Waals surface area contributed by atoms with Gasteiger partial charge < -0.3 is 4.74 Å². The summed E-state index contributed by atoms with van der Waals surface area (Å²) in [5.41, 5.74) is 5.43. The molecule has 5 aromatic rings. The molecule has 0 spiro atoms. The van der Waals surface area contributed by atoms with Crippen LogP contribution in [0.1, 0.15) is 5.56 Å². The SMILES string of the molecule is COc1nc(-c2ccc(C#N)cc2)c(-c2cnc3c(cnn3C)c2)n2cncc12. The van der Waals surface area contributed by atoms with Gasteiger partial charge in [0.1, 0.15) is 5.52 Å². The lowest BCUT2D eigenvalue weighted by atomic mass is 10.0. The fourth-order valence-electron chi connectivity index (χ4n) is 3.46. The number of hydrogen-bond donors (Lipinski definition) is 0. The summed E-state index contributed by atoms with van der Waals surface area (Å²) in [6.45, 7) is 0. The molecule has 0 N–H and O–H groups in total. The predicted molar refractivity (Wildman–Crippen MR) is 107 cm³/mol. The van der Waals surface area contributed by atoms with Crippen molar-refractivity contribution < 1.29 is 4.74 Å². The third-order valence-corrected chi connectivity index (χ3v) is 4.86. The molecule has 0 aliphatic rings. The average Bonchev–Trinajstić information content (AvgIpc) is 3.39. The number of aryl methyl sites for hydroxylation is 1. The van der Waals surface area contributed by atoms with Crippen LogP contribution in [0, 0.1) is 11.3 Å². The Balaban J connectivity index is 1.84. The van der Waals surface area contributed by atoms with E-state index >= 15 is 0 Å². The monoisotopic (exact) mass is 381 g/mol. The van der Waals surface area contributed by atoms with Crippen molar-refractivity contribution in [1.29, 1.82) is 5.26 Å². The summed E-state index contributed by atoms with van der Waals surface area (Å²) in [7, 11) is 3.45. The maximum Gasteiger partial charge on any atom is 0.240 e. The molecule has 4 heterocycles. The van der Waals surface area contributed by atoms with E-state index in [2.05, 4.69) is 21.1 Å². The topological polar surface area (TPSA) is 93.9 Å². The fourth-order valence-corrected chi connectivity index (χ4v) is 3.46. The molecular formula is C21H15N7O. The molecule has 8 heteroatoms. The first-order valence-electron chi connectivity index (χ1n) is 8.88. The van der Waals surface area contributed by atoms with Gasteiger partial charge in [-0.15, -0.1) is 0 Å². The van der Waals surface area contributed by atoms with Crippen molar-refractivity contribution >= 4 is 16.6 Å². The number of methoxy groups -OCH3 is 1. The lowest BCUT2D eigenvalue weighted by Gasteiger charge is -2.14. The van der Waals surface area contributed by atoms with Gasteiger partial charge in [0.15, 0.2) is 5.65 Å². The normalized spacial score (nSPS) is 11.1. The molecule has 1 aromatic carbocycles. The van der Waals surface area contributed by atoms with Gasteiger partial charge in [0, 0.05) is 29.8 Å². The highest BCUT2D eigenvalue weighted by atomic mass is 16.5. The molecule has 0 aliphatic heterocycles. The highest BCUT2D eigenvalue weighted by Crippen LogP contribution is 2.35. The minimum absolute atomic E-state index is 0.473. The number of aromatic nitrogens is 6. The zero-order valence-corrected chi connectivity index (χ0v) is 15.7. The van der Waals surface area contributed by atoms with Gasteiger partial charge >= 0.3 is 0 Å². The minimum Gasteiger partial charge on any atom is -0.479 e. The van der Waals surface area contributed by atoms with Crippen LogP contribution < -0.4 is 4.74 Å². The van der Waals surface area contributed by atoms with Gasteiger partial charge in [-0.25, -0.2) is 15.0 Å². The Morgan fingerprint density at radius 1 is 1.07 bits per heavy atom. The van der Waals surface area contributed by atoms with Gasteiger partial charge in [-0.2, -0.15) is 10.4 Å². The molecule has 0 unspecified atom stereocenters. The Bertz CT molecular complexity index is 1410. The highest BCUT2D eigenvalue weighted by Gasteiger charge is 2.19. The quantitative estimate of drug-likeness (QED) is 0.476. The fraction of sp³-hybridized carbons (Fsp3) is 0.0952. The first-order valence-corrected chi connectivity index (χ1v) is 8.88. The van der Waals surface area contributed by atoms with Crippen molar-refractivity contribution in [2.24, 2.45) is 7.05 Å². The van der Waals surface area contributed by atoms with Gasteiger partial charge in [0.05, 0.1) is 48.9 Å². The third-order valence-electron chi connectivity index (χ3n) is 4.86. The summed E-state index contributed by atoms with van der Waals surface area (Å²) in [6.07, 6.45) is 7.04. The Kier molecular flexibility index (Phi) is 3.74. The lowest BCUT2D eigenvalue weighted by Crippen LogP contribution is -2.02. The van der Waals surface area contributed by atoms with Crippen LogP contribution in [-0.4, -0.2) is 36.2 Å². The van der Waals surface area contributed by atoms with Gasteiger partial charge in [0.2, 0.25) is 5.88 Å². The summed E-state index contributed by atoms with van der Waals surface area (Å²) in [5.74, 6) is 0.473. The van der Waals surface area contributed by atoms with Gasteiger partial charge in [-0.05, 0) is 18.2 Å². The molecule has 0 saturated carbocycles. The molecular weight excluding hydrogens is 366 g/mol. The van der Waals surface area contributed by atoms with Gasteiger partial charge in [-0.1, -0.05) is 12.1 Å². The lowest BCUT2D eigenvalue weighted by molar-refractivity contribution is 0.402. The molecule has 140 valence electrons. The second kappa shape index (κ2) is 6.42. The average molecular weight is 381 g/mol. The van der Waals surface area contributed by atoms with Crippen molar-refractivity contribution in [3.05, 3.63) is 60.8 Å². The molecule has 0 bridgehead atoms. The first-order chi connectivity index (χ1) is 14.2. The van der Waals surface area contributed by atoms with E-state index in [4.69, 9.17) is 15.0 Å². The molecule has 0 amide bonds. The zero-order chi connectivity index (χ0) is 20.0. The Morgan fingerprint density at radius 2 is 1.90 bits per heavy atom. The maximum atomic E-state index is 9.12. The van der Waals surface area contributed by atoms with Crippen molar-refractivity contribution in [3.63, 3.8) is 0 Å². The largest absolute Gasteiger partial charge is 0.479 e. The van der Waals surface area contributed by atoms with Crippen molar-refractivity contribution in [2.75, 3.05) is 7.11 Å². The molecule has 8 nitrogen and oxygen atoms in total. The number of fused-ring (bicyclic) bond motifs is 2. The van der Waals surface area contributed by atoms with E-state index in [0.717, 1.165) is 33.4 Å². The summed E-state index contributed by atoms with van der Waals surface area (Å²) in [4.78, 5) is 13.6. The smallest absolute Gasteiger partial charge is 0.240 e. The van der Waals surface area contributed by atoms with E-state index < -0.39 is 0 Å². The number of pyridine rings is 1. The summed E-state index contributed by atoms with van der Waals surface area (Å²) >= 11 is 0. The van der Waals surface area contributed by atoms with Gasteiger partial charge in [0.25, 0.3) is 0 Å². The van der Waals surface area contributed by atoms with Crippen molar-refractivity contribution in [1.82, 2.24) is 29.1 Å². The number of imidazole rings is 1. The summed E-state index contributed by atoms with van der Waals surface area (Å²) in [6, 6.07) is 11.5. The van der Waals surface area contributed by atoms with Crippen molar-refractivity contribution in [3.8, 4) is 34.5 Å². The van der Waals surface area contributed by atoms with Crippen LogP contribution in [0.3, 0.4) is 0 Å². The van der Waals surface area contributed by atoms with Crippen LogP contribution >= 0.6 is 0 Å². The van der Waals surface area contributed by atoms with Crippen molar-refractivity contribution in [2.45, 2.75) is 0 Å². The van der Waals surface area contributed by atoms with Crippen LogP contribution in [0.5, 0.6) is 5.88 Å². The first kappa shape index (κ1) is 16.9. The predicted octanol–water partition coefficient (Wildman–Crippen LogP) is 3.23. The van der Waals surface area contributed by atoms with Crippen LogP contribution in [0.15, 0.2) is 55.2 Å². The maximum absolute atomic E-state index is 9.12. The summed E-state index contributed by atoms with van der Waals surface area (Å²) < 4.78 is 9.18. The van der Waals surface area contributed by atoms with E-state index in [1.165, 1.54) is 0 Å². The molecule has 0 saturated heterocycles. The summed E-state index contributed by atoms with van der Waals surface area (Å²) in [5, 5.41) is 14.3. The number of nitriles is 1. The Hall–Kier alpha value is -4.25. The Labute approximate surface area is 165 Å². The number of rotatable bonds is 3. The number of hydrogen-bond acceptors (Lipinski definition) is 6. The number of nitrogens with zero attached hydrogens (tertiary/aromatic N) is 7. The molecule has 0 fully saturated rings. The van der Waals surface area contributed by atoms with Crippen LogP contribution in [0.25, 0.3) is 39.1 Å². The van der Waals surface area contributed by atoms with Crippen LogP contribution in [-0.2, 0) is 7.05 Å². The molecule has 4 aromatic heterocycles. The van der Waals surface area contributed by atoms with Crippen LogP contribution in [0.2, 0.25) is 0 Å². The molecule has 5 rings (SSSR count). The van der Waals surface area contributed by atoms with Gasteiger partial charge in [-0.3, -0.25) is 9.08 Å². The van der Waals surface area contributed by atoms with E-state index in [1.54, 1.807) is 48.8 Å². The number of ether oxygens (including phenoxy) is 1. The zero-order valence-electron chi connectivity index (χ0n) is 15.7. The second-order valence-corrected chi connectivity index (χ2v) is 6.56. The number of benzene rings is 1.